The summed E-state index contributed by atoms with van der Waals surface area (Å²) in [5.74, 6) is -0.708. The highest BCUT2D eigenvalue weighted by molar-refractivity contribution is 7.51. The van der Waals surface area contributed by atoms with E-state index in [-0.39, 0.29) is 12.3 Å². The molecule has 2 aromatic carbocycles. The Labute approximate surface area is 181 Å². The minimum Gasteiger partial charge on any atom is -0.467 e. The minimum absolute atomic E-state index is 0.189. The van der Waals surface area contributed by atoms with Gasteiger partial charge in [0, 0.05) is 31.9 Å². The summed E-state index contributed by atoms with van der Waals surface area (Å²) in [6, 6.07) is 17.2. The fourth-order valence-electron chi connectivity index (χ4n) is 3.26. The standard InChI is InChI=1S/C23H26NO4PS/c1-28-23(26)20(15-18-16-30-21-10-6-5-9-19(18)21)24-22(25)12-14-29(27)13-11-17-7-3-2-4-8-17/h2-10,16,20,27H,11-15H2,1H3,(H,24,25). The summed E-state index contributed by atoms with van der Waals surface area (Å²) in [5.41, 5.74) is 2.19. The molecule has 3 rings (SSSR count). The quantitative estimate of drug-likeness (QED) is 0.365. The number of fused-ring (bicyclic) bond motifs is 1. The Kier molecular flexibility index (Phi) is 8.38. The second-order valence-electron chi connectivity index (χ2n) is 7.04. The molecule has 30 heavy (non-hydrogen) atoms. The number of hydrogen-bond acceptors (Lipinski definition) is 5. The molecule has 0 fully saturated rings. The molecule has 5 nitrogen and oxygen atoms in total. The number of rotatable bonds is 10. The first-order valence-corrected chi connectivity index (χ1v) is 12.4. The van der Waals surface area contributed by atoms with Gasteiger partial charge in [0.05, 0.1) is 7.11 Å². The number of carbonyl (C=O) groups is 2. The molecule has 0 saturated carbocycles. The van der Waals surface area contributed by atoms with Gasteiger partial charge in [0.1, 0.15) is 6.04 Å². The van der Waals surface area contributed by atoms with Crippen LogP contribution in [0.2, 0.25) is 0 Å². The SMILES string of the molecule is COC(=O)C(Cc1csc2ccccc12)NC(=O)CCP(O)CCc1ccccc1. The summed E-state index contributed by atoms with van der Waals surface area (Å²) in [4.78, 5) is 34.9. The Morgan fingerprint density at radius 3 is 2.60 bits per heavy atom. The molecular weight excluding hydrogens is 417 g/mol. The molecule has 158 valence electrons. The van der Waals surface area contributed by atoms with Crippen LogP contribution in [0.1, 0.15) is 17.5 Å². The highest BCUT2D eigenvalue weighted by atomic mass is 32.1. The van der Waals surface area contributed by atoms with E-state index in [1.807, 2.05) is 60.0 Å². The van der Waals surface area contributed by atoms with E-state index in [1.165, 1.54) is 12.7 Å². The van der Waals surface area contributed by atoms with Crippen molar-refractivity contribution in [1.82, 2.24) is 5.32 Å². The van der Waals surface area contributed by atoms with Crippen LogP contribution in [0.4, 0.5) is 0 Å². The molecule has 7 heteroatoms. The van der Waals surface area contributed by atoms with Crippen LogP contribution in [0.5, 0.6) is 0 Å². The lowest BCUT2D eigenvalue weighted by molar-refractivity contribution is -0.145. The number of nitrogens with one attached hydrogen (secondary N) is 1. The molecule has 1 heterocycles. The van der Waals surface area contributed by atoms with Gasteiger partial charge in [-0.25, -0.2) is 4.79 Å². The number of carbonyl (C=O) groups excluding carboxylic acids is 2. The molecule has 0 bridgehead atoms. The summed E-state index contributed by atoms with van der Waals surface area (Å²) in [7, 11) is 0.103. The Bertz CT molecular complexity index is 976. The summed E-state index contributed by atoms with van der Waals surface area (Å²) in [6.45, 7) is 0. The highest BCUT2D eigenvalue weighted by Gasteiger charge is 2.23. The molecule has 0 aliphatic heterocycles. The third-order valence-corrected chi connectivity index (χ3v) is 7.40. The smallest absolute Gasteiger partial charge is 0.328 e. The van der Waals surface area contributed by atoms with Crippen molar-refractivity contribution in [1.29, 1.82) is 0 Å². The number of esters is 1. The molecule has 0 spiro atoms. The predicted octanol–water partition coefficient (Wildman–Crippen LogP) is 4.12. The maximum Gasteiger partial charge on any atom is 0.328 e. The fourth-order valence-corrected chi connectivity index (χ4v) is 5.43. The van der Waals surface area contributed by atoms with Gasteiger partial charge in [-0.15, -0.1) is 11.3 Å². The maximum atomic E-state index is 12.4. The van der Waals surface area contributed by atoms with Crippen LogP contribution in [-0.2, 0) is 27.2 Å². The van der Waals surface area contributed by atoms with Gasteiger partial charge in [0.15, 0.2) is 0 Å². The molecule has 1 amide bonds. The Hall–Kier alpha value is -2.27. The van der Waals surface area contributed by atoms with Gasteiger partial charge in [0.25, 0.3) is 0 Å². The molecule has 2 N–H and O–H groups in total. The van der Waals surface area contributed by atoms with Crippen molar-refractivity contribution in [3.8, 4) is 0 Å². The van der Waals surface area contributed by atoms with E-state index < -0.39 is 20.2 Å². The monoisotopic (exact) mass is 443 g/mol. The van der Waals surface area contributed by atoms with Crippen molar-refractivity contribution in [3.05, 3.63) is 71.1 Å². The summed E-state index contributed by atoms with van der Waals surface area (Å²) in [6.07, 6.45) is 2.44. The number of thiophene rings is 1. The van der Waals surface area contributed by atoms with Crippen molar-refractivity contribution < 1.29 is 19.2 Å². The van der Waals surface area contributed by atoms with Crippen molar-refractivity contribution >= 4 is 41.4 Å². The Morgan fingerprint density at radius 1 is 1.10 bits per heavy atom. The molecular formula is C23H26NO4PS. The van der Waals surface area contributed by atoms with E-state index in [0.717, 1.165) is 22.1 Å². The summed E-state index contributed by atoms with van der Waals surface area (Å²) in [5, 5.41) is 5.90. The van der Waals surface area contributed by atoms with Gasteiger partial charge in [-0.05, 0) is 40.5 Å². The van der Waals surface area contributed by atoms with Gasteiger partial charge < -0.3 is 14.9 Å². The topological polar surface area (TPSA) is 75.6 Å². The Morgan fingerprint density at radius 2 is 1.83 bits per heavy atom. The second-order valence-corrected chi connectivity index (χ2v) is 9.86. The average molecular weight is 444 g/mol. The minimum atomic E-state index is -1.22. The summed E-state index contributed by atoms with van der Waals surface area (Å²) >= 11 is 1.62. The van der Waals surface area contributed by atoms with Crippen LogP contribution in [0, 0.1) is 0 Å². The van der Waals surface area contributed by atoms with Crippen LogP contribution in [0.25, 0.3) is 10.1 Å². The van der Waals surface area contributed by atoms with E-state index in [9.17, 15) is 14.5 Å². The largest absolute Gasteiger partial charge is 0.467 e. The van der Waals surface area contributed by atoms with E-state index >= 15 is 0 Å². The first-order valence-electron chi connectivity index (χ1n) is 9.87. The third kappa shape index (κ3) is 6.36. The normalized spacial score (nSPS) is 13.0. The first kappa shape index (κ1) is 22.4. The van der Waals surface area contributed by atoms with E-state index in [2.05, 4.69) is 5.32 Å². The number of amides is 1. The average Bonchev–Trinajstić information content (AvgIpc) is 3.19. The van der Waals surface area contributed by atoms with Crippen LogP contribution < -0.4 is 5.32 Å². The van der Waals surface area contributed by atoms with E-state index in [1.54, 1.807) is 11.3 Å². The molecule has 0 saturated heterocycles. The lowest BCUT2D eigenvalue weighted by Gasteiger charge is -2.17. The van der Waals surface area contributed by atoms with Crippen LogP contribution in [0.3, 0.4) is 0 Å². The molecule has 2 atom stereocenters. The second kappa shape index (κ2) is 11.2. The lowest BCUT2D eigenvalue weighted by atomic mass is 10.0. The first-order chi connectivity index (χ1) is 14.6. The highest BCUT2D eigenvalue weighted by Crippen LogP contribution is 2.31. The van der Waals surface area contributed by atoms with Gasteiger partial charge >= 0.3 is 5.97 Å². The van der Waals surface area contributed by atoms with Gasteiger partial charge in [-0.3, -0.25) is 4.79 Å². The molecule has 3 aromatic rings. The zero-order chi connectivity index (χ0) is 21.3. The maximum absolute atomic E-state index is 12.4. The number of methoxy groups -OCH3 is 1. The van der Waals surface area contributed by atoms with Crippen LogP contribution in [-0.4, -0.2) is 42.2 Å². The third-order valence-electron chi connectivity index (χ3n) is 4.90. The molecule has 2 unspecified atom stereocenters. The zero-order valence-electron chi connectivity index (χ0n) is 16.9. The number of aryl methyl sites for hydroxylation is 1. The van der Waals surface area contributed by atoms with E-state index in [4.69, 9.17) is 4.74 Å². The van der Waals surface area contributed by atoms with Crippen molar-refractivity contribution in [2.75, 3.05) is 19.4 Å². The fraction of sp³-hybridized carbons (Fsp3) is 0.304. The molecule has 0 radical (unpaired) electrons. The summed E-state index contributed by atoms with van der Waals surface area (Å²) < 4.78 is 6.04. The van der Waals surface area contributed by atoms with E-state index in [0.29, 0.717) is 18.7 Å². The molecule has 0 aliphatic carbocycles. The predicted molar refractivity (Wildman–Crippen MR) is 123 cm³/mol. The van der Waals surface area contributed by atoms with Crippen molar-refractivity contribution in [2.45, 2.75) is 25.3 Å². The number of benzene rings is 2. The van der Waals surface area contributed by atoms with Gasteiger partial charge in [-0.1, -0.05) is 48.5 Å². The van der Waals surface area contributed by atoms with Crippen LogP contribution >= 0.6 is 19.5 Å². The lowest BCUT2D eigenvalue weighted by Crippen LogP contribution is -2.43. The van der Waals surface area contributed by atoms with Gasteiger partial charge in [-0.2, -0.15) is 0 Å². The Balaban J connectivity index is 1.51. The van der Waals surface area contributed by atoms with Crippen LogP contribution in [0.15, 0.2) is 60.0 Å². The molecule has 0 aliphatic rings. The van der Waals surface area contributed by atoms with Crippen molar-refractivity contribution in [3.63, 3.8) is 0 Å². The number of ether oxygens (including phenoxy) is 1. The molecule has 1 aromatic heterocycles. The number of hydrogen-bond donors (Lipinski definition) is 2. The zero-order valence-corrected chi connectivity index (χ0v) is 18.6. The van der Waals surface area contributed by atoms with Crippen molar-refractivity contribution in [2.24, 2.45) is 0 Å². The van der Waals surface area contributed by atoms with Gasteiger partial charge in [0.2, 0.25) is 5.91 Å².